The molecule has 0 saturated heterocycles. The van der Waals surface area contributed by atoms with Crippen LogP contribution in [0, 0.1) is 0 Å². The minimum atomic E-state index is -1.17. The van der Waals surface area contributed by atoms with Gasteiger partial charge in [-0.25, -0.2) is 8.51 Å². The molecular formula is C27H42NO2PS. The predicted octanol–water partition coefficient (Wildman–Crippen LogP) is 6.88. The first-order valence-corrected chi connectivity index (χ1v) is 13.7. The highest BCUT2D eigenvalue weighted by Crippen LogP contribution is 2.59. The van der Waals surface area contributed by atoms with Crippen molar-refractivity contribution in [1.29, 1.82) is 0 Å². The van der Waals surface area contributed by atoms with Gasteiger partial charge >= 0.3 is 0 Å². The maximum Gasteiger partial charge on any atom is 0.118 e. The number of hydrogen-bond donors (Lipinski definition) is 0. The van der Waals surface area contributed by atoms with Crippen molar-refractivity contribution in [2.24, 2.45) is 0 Å². The topological polar surface area (TPSA) is 29.5 Å². The van der Waals surface area contributed by atoms with Gasteiger partial charge in [-0.3, -0.25) is 0 Å². The van der Waals surface area contributed by atoms with E-state index in [1.807, 2.05) is 44.3 Å². The van der Waals surface area contributed by atoms with Gasteiger partial charge in [-0.2, -0.15) is 0 Å². The highest BCUT2D eigenvalue weighted by atomic mass is 32.2. The normalized spacial score (nSPS) is 15.2. The lowest BCUT2D eigenvalue weighted by Gasteiger charge is -2.44. The molecule has 2 aromatic carbocycles. The number of benzene rings is 2. The first kappa shape index (κ1) is 27.0. The SMILES string of the molecule is COc1ccc(C(c2ccccc2P(C(C)(C)C)C(C)(C)C)N(C)S(=O)C(C)(C)C)cc1. The van der Waals surface area contributed by atoms with Crippen molar-refractivity contribution >= 4 is 24.2 Å². The maximum absolute atomic E-state index is 13.6. The molecule has 2 atom stereocenters. The Hall–Kier alpha value is -1.22. The van der Waals surface area contributed by atoms with Crippen molar-refractivity contribution in [2.45, 2.75) is 83.4 Å². The molecule has 0 bridgehead atoms. The second-order valence-corrected chi connectivity index (χ2v) is 17.5. The van der Waals surface area contributed by atoms with Gasteiger partial charge in [0.2, 0.25) is 0 Å². The van der Waals surface area contributed by atoms with Crippen LogP contribution in [0.15, 0.2) is 48.5 Å². The molecule has 0 N–H and O–H groups in total. The molecule has 0 aliphatic carbocycles. The minimum Gasteiger partial charge on any atom is -0.497 e. The molecule has 0 heterocycles. The van der Waals surface area contributed by atoms with Crippen LogP contribution in [-0.2, 0) is 11.0 Å². The van der Waals surface area contributed by atoms with Crippen LogP contribution >= 0.6 is 7.92 Å². The third-order valence-electron chi connectivity index (χ3n) is 5.39. The van der Waals surface area contributed by atoms with Gasteiger partial charge in [-0.05, 0) is 59.6 Å². The zero-order chi connectivity index (χ0) is 24.5. The molecule has 5 heteroatoms. The molecule has 0 spiro atoms. The molecule has 2 rings (SSSR count). The van der Waals surface area contributed by atoms with E-state index in [1.54, 1.807) is 7.11 Å². The van der Waals surface area contributed by atoms with Crippen molar-refractivity contribution in [2.75, 3.05) is 14.2 Å². The van der Waals surface area contributed by atoms with Crippen LogP contribution < -0.4 is 10.0 Å². The summed E-state index contributed by atoms with van der Waals surface area (Å²) in [7, 11) is 1.98. The van der Waals surface area contributed by atoms with E-state index in [0.717, 1.165) is 11.3 Å². The molecule has 0 aliphatic heterocycles. The quantitative estimate of drug-likeness (QED) is 0.426. The molecule has 0 saturated carbocycles. The number of rotatable bonds is 6. The first-order valence-electron chi connectivity index (χ1n) is 11.3. The van der Waals surface area contributed by atoms with E-state index in [1.165, 1.54) is 10.9 Å². The number of ether oxygens (including phenoxy) is 1. The van der Waals surface area contributed by atoms with E-state index in [9.17, 15) is 4.21 Å². The van der Waals surface area contributed by atoms with Crippen LogP contribution in [0.1, 0.15) is 79.5 Å². The summed E-state index contributed by atoms with van der Waals surface area (Å²) in [5.41, 5.74) is 2.37. The number of methoxy groups -OCH3 is 1. The zero-order valence-electron chi connectivity index (χ0n) is 21.8. The number of nitrogens with zero attached hydrogens (tertiary/aromatic N) is 1. The minimum absolute atomic E-state index is 0.119. The molecule has 0 amide bonds. The summed E-state index contributed by atoms with van der Waals surface area (Å²) in [5, 5.41) is 1.66. The Morgan fingerprint density at radius 1 is 0.844 bits per heavy atom. The van der Waals surface area contributed by atoms with Gasteiger partial charge in [-0.1, -0.05) is 85.9 Å². The van der Waals surface area contributed by atoms with Gasteiger partial charge < -0.3 is 4.74 Å². The zero-order valence-corrected chi connectivity index (χ0v) is 23.5. The summed E-state index contributed by atoms with van der Waals surface area (Å²) in [6.45, 7) is 20.2. The van der Waals surface area contributed by atoms with Crippen molar-refractivity contribution in [1.82, 2.24) is 4.31 Å². The van der Waals surface area contributed by atoms with E-state index < -0.39 is 18.9 Å². The fourth-order valence-corrected chi connectivity index (χ4v) is 9.99. The molecule has 0 aromatic heterocycles. The summed E-state index contributed by atoms with van der Waals surface area (Å²) in [6, 6.07) is 16.9. The molecule has 32 heavy (non-hydrogen) atoms. The molecule has 178 valence electrons. The molecule has 2 aromatic rings. The summed E-state index contributed by atoms with van der Waals surface area (Å²) in [6.07, 6.45) is 0. The largest absolute Gasteiger partial charge is 0.497 e. The molecule has 0 aliphatic rings. The van der Waals surface area contributed by atoms with Crippen molar-refractivity contribution in [3.8, 4) is 5.75 Å². The van der Waals surface area contributed by atoms with E-state index in [-0.39, 0.29) is 21.1 Å². The molecule has 0 fully saturated rings. The van der Waals surface area contributed by atoms with Crippen molar-refractivity contribution in [3.63, 3.8) is 0 Å². The summed E-state index contributed by atoms with van der Waals surface area (Å²) >= 11 is 0. The third-order valence-corrected chi connectivity index (χ3v) is 10.7. The fraction of sp³-hybridized carbons (Fsp3) is 0.556. The predicted molar refractivity (Wildman–Crippen MR) is 143 cm³/mol. The second kappa shape index (κ2) is 9.95. The van der Waals surface area contributed by atoms with Gasteiger partial charge in [-0.15, -0.1) is 0 Å². The average molecular weight is 476 g/mol. The lowest BCUT2D eigenvalue weighted by molar-refractivity contribution is 0.413. The Morgan fingerprint density at radius 2 is 1.34 bits per heavy atom. The van der Waals surface area contributed by atoms with E-state index in [2.05, 4.69) is 77.9 Å². The molecule has 3 nitrogen and oxygen atoms in total. The number of hydrogen-bond acceptors (Lipinski definition) is 2. The second-order valence-electron chi connectivity index (χ2n) is 11.3. The average Bonchev–Trinajstić information content (AvgIpc) is 2.66. The van der Waals surface area contributed by atoms with Crippen LogP contribution in [0.2, 0.25) is 0 Å². The van der Waals surface area contributed by atoms with Crippen molar-refractivity contribution < 1.29 is 8.95 Å². The Labute approximate surface area is 200 Å². The van der Waals surface area contributed by atoms with Gasteiger partial charge in [0.15, 0.2) is 0 Å². The Morgan fingerprint density at radius 3 is 1.78 bits per heavy atom. The van der Waals surface area contributed by atoms with Crippen LogP contribution in [0.5, 0.6) is 5.75 Å². The Kier molecular flexibility index (Phi) is 8.41. The van der Waals surface area contributed by atoms with Gasteiger partial charge in [0.25, 0.3) is 0 Å². The molecule has 2 unspecified atom stereocenters. The lowest BCUT2D eigenvalue weighted by Crippen LogP contribution is -2.40. The smallest absolute Gasteiger partial charge is 0.118 e. The summed E-state index contributed by atoms with van der Waals surface area (Å²) < 4.78 is 20.7. The van der Waals surface area contributed by atoms with Gasteiger partial charge in [0.1, 0.15) is 16.7 Å². The molecule has 0 radical (unpaired) electrons. The monoisotopic (exact) mass is 475 g/mol. The molecular weight excluding hydrogens is 433 g/mol. The highest BCUT2D eigenvalue weighted by molar-refractivity contribution is 7.84. The lowest BCUT2D eigenvalue weighted by atomic mass is 9.98. The third kappa shape index (κ3) is 6.22. The fourth-order valence-electron chi connectivity index (χ4n) is 4.55. The first-order chi connectivity index (χ1) is 14.6. The highest BCUT2D eigenvalue weighted by Gasteiger charge is 2.39. The van der Waals surface area contributed by atoms with Crippen molar-refractivity contribution in [3.05, 3.63) is 59.7 Å². The van der Waals surface area contributed by atoms with Crippen LogP contribution in [-0.4, -0.2) is 37.7 Å². The van der Waals surface area contributed by atoms with E-state index in [4.69, 9.17) is 4.74 Å². The maximum atomic E-state index is 13.6. The summed E-state index contributed by atoms with van der Waals surface area (Å²) in [5.74, 6) is 0.826. The Balaban J connectivity index is 2.79. The van der Waals surface area contributed by atoms with Gasteiger partial charge in [0.05, 0.1) is 17.9 Å². The summed E-state index contributed by atoms with van der Waals surface area (Å²) in [4.78, 5) is 0. The van der Waals surface area contributed by atoms with Gasteiger partial charge in [0, 0.05) is 7.05 Å². The van der Waals surface area contributed by atoms with Crippen LogP contribution in [0.3, 0.4) is 0 Å². The standard InChI is InChI=1S/C27H42NO2PS/c1-25(2,3)31(26(4,5)6)23-15-13-12-14-22(23)24(28(10)32(29)27(7,8)9)20-16-18-21(30-11)19-17-20/h12-19,24H,1-11H3. The van der Waals surface area contributed by atoms with Crippen LogP contribution in [0.4, 0.5) is 0 Å². The van der Waals surface area contributed by atoms with Crippen LogP contribution in [0.25, 0.3) is 0 Å². The van der Waals surface area contributed by atoms with E-state index >= 15 is 0 Å². The Bertz CT molecular complexity index is 906. The van der Waals surface area contributed by atoms with E-state index in [0.29, 0.717) is 0 Å².